The van der Waals surface area contributed by atoms with Crippen molar-refractivity contribution in [3.63, 3.8) is 0 Å². The average Bonchev–Trinajstić information content (AvgIpc) is 2.20. The summed E-state index contributed by atoms with van der Waals surface area (Å²) in [7, 11) is 0. The van der Waals surface area contributed by atoms with Crippen LogP contribution >= 0.6 is 15.9 Å². The first-order chi connectivity index (χ1) is 7.22. The summed E-state index contributed by atoms with van der Waals surface area (Å²) >= 11 is 3.45. The van der Waals surface area contributed by atoms with Crippen LogP contribution in [0.4, 0.5) is 10.5 Å². The third-order valence-electron chi connectivity index (χ3n) is 2.54. The van der Waals surface area contributed by atoms with Crippen molar-refractivity contribution in [3.8, 4) is 0 Å². The van der Waals surface area contributed by atoms with Crippen molar-refractivity contribution in [1.29, 1.82) is 0 Å². The third-order valence-corrected chi connectivity index (χ3v) is 3.20. The second-order valence-electron chi connectivity index (χ2n) is 3.64. The first kappa shape index (κ1) is 10.5. The van der Waals surface area contributed by atoms with Crippen LogP contribution in [0.1, 0.15) is 31.4 Å². The second-order valence-corrected chi connectivity index (χ2v) is 4.50. The van der Waals surface area contributed by atoms with Crippen molar-refractivity contribution in [3.05, 3.63) is 28.2 Å². The van der Waals surface area contributed by atoms with Crippen LogP contribution in [0, 0.1) is 0 Å². The van der Waals surface area contributed by atoms with Crippen molar-refractivity contribution in [2.24, 2.45) is 0 Å². The topological polar surface area (TPSA) is 41.1 Å². The molecule has 0 saturated carbocycles. The molecule has 0 aliphatic carbocycles. The van der Waals surface area contributed by atoms with Crippen LogP contribution in [-0.2, 0) is 0 Å². The minimum absolute atomic E-state index is 0.118. The molecule has 3 nitrogen and oxygen atoms in total. The van der Waals surface area contributed by atoms with Crippen molar-refractivity contribution < 1.29 is 4.79 Å². The Kier molecular flexibility index (Phi) is 2.95. The Labute approximate surface area is 97.4 Å². The maximum Gasteiger partial charge on any atom is 0.319 e. The van der Waals surface area contributed by atoms with Gasteiger partial charge in [0.05, 0.1) is 11.7 Å². The number of nitrogens with one attached hydrogen (secondary N) is 2. The fourth-order valence-corrected chi connectivity index (χ4v) is 2.35. The SMILES string of the molecule is CCCC1NC(=O)Nc2c(Br)cccc21. The maximum absolute atomic E-state index is 11.4. The number of benzene rings is 1. The summed E-state index contributed by atoms with van der Waals surface area (Å²) in [6.45, 7) is 2.12. The maximum atomic E-state index is 11.4. The average molecular weight is 269 g/mol. The molecule has 0 fully saturated rings. The molecule has 1 heterocycles. The van der Waals surface area contributed by atoms with Gasteiger partial charge in [0.2, 0.25) is 0 Å². The Balaban J connectivity index is 2.41. The molecular formula is C11H13BrN2O. The number of para-hydroxylation sites is 1. The Bertz CT molecular complexity index is 392. The van der Waals surface area contributed by atoms with E-state index in [-0.39, 0.29) is 12.1 Å². The normalized spacial score (nSPS) is 19.1. The molecular weight excluding hydrogens is 256 g/mol. The molecule has 4 heteroatoms. The Hall–Kier alpha value is -1.03. The number of hydrogen-bond acceptors (Lipinski definition) is 1. The van der Waals surface area contributed by atoms with E-state index in [0.29, 0.717) is 0 Å². The van der Waals surface area contributed by atoms with E-state index in [2.05, 4.69) is 33.5 Å². The van der Waals surface area contributed by atoms with Crippen molar-refractivity contribution in [2.45, 2.75) is 25.8 Å². The molecule has 2 amide bonds. The minimum Gasteiger partial charge on any atom is -0.331 e. The lowest BCUT2D eigenvalue weighted by molar-refractivity contribution is 0.246. The van der Waals surface area contributed by atoms with Gasteiger partial charge in [-0.1, -0.05) is 25.5 Å². The molecule has 2 rings (SSSR count). The lowest BCUT2D eigenvalue weighted by atomic mass is 9.99. The quantitative estimate of drug-likeness (QED) is 0.848. The van der Waals surface area contributed by atoms with Crippen molar-refractivity contribution >= 4 is 27.6 Å². The van der Waals surface area contributed by atoms with Gasteiger partial charge in [-0.15, -0.1) is 0 Å². The Morgan fingerprint density at radius 2 is 2.27 bits per heavy atom. The fraction of sp³-hybridized carbons (Fsp3) is 0.364. The molecule has 1 aliphatic rings. The molecule has 2 N–H and O–H groups in total. The number of carbonyl (C=O) groups is 1. The van der Waals surface area contributed by atoms with Crippen LogP contribution in [0.25, 0.3) is 0 Å². The van der Waals surface area contributed by atoms with Gasteiger partial charge in [-0.25, -0.2) is 4.79 Å². The van der Waals surface area contributed by atoms with Gasteiger partial charge in [-0.05, 0) is 34.0 Å². The van der Waals surface area contributed by atoms with E-state index in [1.807, 2.05) is 18.2 Å². The highest BCUT2D eigenvalue weighted by atomic mass is 79.9. The molecule has 15 heavy (non-hydrogen) atoms. The van der Waals surface area contributed by atoms with Crippen molar-refractivity contribution in [2.75, 3.05) is 5.32 Å². The third kappa shape index (κ3) is 2.00. The second kappa shape index (κ2) is 4.23. The predicted octanol–water partition coefficient (Wildman–Crippen LogP) is 3.43. The summed E-state index contributed by atoms with van der Waals surface area (Å²) in [5, 5.41) is 5.75. The van der Waals surface area contributed by atoms with Crippen LogP contribution in [-0.4, -0.2) is 6.03 Å². The first-order valence-electron chi connectivity index (χ1n) is 5.08. The smallest absolute Gasteiger partial charge is 0.319 e. The molecule has 1 aliphatic heterocycles. The van der Waals surface area contributed by atoms with E-state index in [9.17, 15) is 4.79 Å². The number of halogens is 1. The number of urea groups is 1. The van der Waals surface area contributed by atoms with E-state index >= 15 is 0 Å². The minimum atomic E-state index is -0.118. The number of amides is 2. The largest absolute Gasteiger partial charge is 0.331 e. The van der Waals surface area contributed by atoms with Gasteiger partial charge in [0.1, 0.15) is 0 Å². The van der Waals surface area contributed by atoms with Crippen molar-refractivity contribution in [1.82, 2.24) is 5.32 Å². The zero-order chi connectivity index (χ0) is 10.8. The van der Waals surface area contributed by atoms with Gasteiger partial charge in [-0.2, -0.15) is 0 Å². The van der Waals surface area contributed by atoms with Gasteiger partial charge in [0.25, 0.3) is 0 Å². The first-order valence-corrected chi connectivity index (χ1v) is 5.87. The molecule has 0 spiro atoms. The van der Waals surface area contributed by atoms with Crippen LogP contribution in [0.2, 0.25) is 0 Å². The fourth-order valence-electron chi connectivity index (χ4n) is 1.87. The summed E-state index contributed by atoms with van der Waals surface area (Å²) in [5.41, 5.74) is 2.06. The number of carbonyl (C=O) groups excluding carboxylic acids is 1. The van der Waals surface area contributed by atoms with Gasteiger partial charge >= 0.3 is 6.03 Å². The molecule has 1 unspecified atom stereocenters. The van der Waals surface area contributed by atoms with E-state index in [4.69, 9.17) is 0 Å². The van der Waals surface area contributed by atoms with Gasteiger partial charge < -0.3 is 10.6 Å². The monoisotopic (exact) mass is 268 g/mol. The predicted molar refractivity (Wildman–Crippen MR) is 63.9 cm³/mol. The lowest BCUT2D eigenvalue weighted by Gasteiger charge is -2.27. The Morgan fingerprint density at radius 3 is 3.00 bits per heavy atom. The summed E-state index contributed by atoms with van der Waals surface area (Å²) < 4.78 is 0.941. The Morgan fingerprint density at radius 1 is 1.47 bits per heavy atom. The molecule has 0 aromatic heterocycles. The van der Waals surface area contributed by atoms with Crippen LogP contribution in [0.3, 0.4) is 0 Å². The molecule has 80 valence electrons. The van der Waals surface area contributed by atoms with E-state index in [1.54, 1.807) is 0 Å². The molecule has 0 saturated heterocycles. The molecule has 1 aromatic carbocycles. The van der Waals surface area contributed by atoms with E-state index in [1.165, 1.54) is 0 Å². The summed E-state index contributed by atoms with van der Waals surface area (Å²) in [4.78, 5) is 11.4. The highest BCUT2D eigenvalue weighted by Crippen LogP contribution is 2.34. The van der Waals surface area contributed by atoms with Gasteiger partial charge in [0, 0.05) is 4.47 Å². The molecule has 1 aromatic rings. The molecule has 1 atom stereocenters. The number of hydrogen-bond donors (Lipinski definition) is 2. The van der Waals surface area contributed by atoms with Crippen LogP contribution < -0.4 is 10.6 Å². The molecule has 0 bridgehead atoms. The highest BCUT2D eigenvalue weighted by molar-refractivity contribution is 9.10. The highest BCUT2D eigenvalue weighted by Gasteiger charge is 2.24. The molecule has 0 radical (unpaired) electrons. The van der Waals surface area contributed by atoms with E-state index in [0.717, 1.165) is 28.6 Å². The summed E-state index contributed by atoms with van der Waals surface area (Å²) in [6.07, 6.45) is 2.02. The number of fused-ring (bicyclic) bond motifs is 1. The summed E-state index contributed by atoms with van der Waals surface area (Å²) in [5.74, 6) is 0. The van der Waals surface area contributed by atoms with Crippen LogP contribution in [0.15, 0.2) is 22.7 Å². The van der Waals surface area contributed by atoms with Crippen LogP contribution in [0.5, 0.6) is 0 Å². The van der Waals surface area contributed by atoms with Gasteiger partial charge in [-0.3, -0.25) is 0 Å². The number of anilines is 1. The standard InChI is InChI=1S/C11H13BrN2O/c1-2-4-9-7-5-3-6-8(12)10(7)14-11(15)13-9/h3,5-6,9H,2,4H2,1H3,(H2,13,14,15). The van der Waals surface area contributed by atoms with Gasteiger partial charge in [0.15, 0.2) is 0 Å². The lowest BCUT2D eigenvalue weighted by Crippen LogP contribution is -2.37. The zero-order valence-corrected chi connectivity index (χ0v) is 10.1. The number of rotatable bonds is 2. The zero-order valence-electron chi connectivity index (χ0n) is 8.51. The van der Waals surface area contributed by atoms with E-state index < -0.39 is 0 Å². The summed E-state index contributed by atoms with van der Waals surface area (Å²) in [6, 6.07) is 5.99.